The van der Waals surface area contributed by atoms with Crippen molar-refractivity contribution in [3.05, 3.63) is 65.5 Å². The van der Waals surface area contributed by atoms with Crippen LogP contribution in [0.15, 0.2) is 48.5 Å². The summed E-state index contributed by atoms with van der Waals surface area (Å²) in [5, 5.41) is 0. The van der Waals surface area contributed by atoms with Gasteiger partial charge in [-0.1, -0.05) is 11.8 Å². The molecule has 17 heavy (non-hydrogen) atoms. The molecule has 0 fully saturated rings. The van der Waals surface area contributed by atoms with Gasteiger partial charge < -0.3 is 4.74 Å². The Kier molecular flexibility index (Phi) is 3.42. The van der Waals surface area contributed by atoms with Crippen molar-refractivity contribution in [1.82, 2.24) is 0 Å². The Morgan fingerprint density at radius 3 is 1.76 bits per heavy atom. The van der Waals surface area contributed by atoms with Crippen LogP contribution in [0.25, 0.3) is 0 Å². The summed E-state index contributed by atoms with van der Waals surface area (Å²) in [6.45, 7) is 0. The van der Waals surface area contributed by atoms with Gasteiger partial charge in [-0.25, -0.2) is 4.39 Å². The quantitative estimate of drug-likeness (QED) is 0.678. The molecule has 1 nitrogen and oxygen atoms in total. The minimum atomic E-state index is -0.250. The Morgan fingerprint density at radius 1 is 0.824 bits per heavy atom. The molecule has 0 spiro atoms. The Hall–Kier alpha value is -2.27. The maximum absolute atomic E-state index is 12.7. The van der Waals surface area contributed by atoms with Crippen LogP contribution in [0.1, 0.15) is 11.1 Å². The van der Waals surface area contributed by atoms with Crippen molar-refractivity contribution in [3.63, 3.8) is 0 Å². The minimum Gasteiger partial charge on any atom is -0.497 e. The Morgan fingerprint density at radius 2 is 1.29 bits per heavy atom. The maximum atomic E-state index is 12.7. The Labute approximate surface area is 99.9 Å². The van der Waals surface area contributed by atoms with Gasteiger partial charge in [-0.05, 0) is 48.5 Å². The summed E-state index contributed by atoms with van der Waals surface area (Å²) in [6, 6.07) is 13.6. The first-order valence-electron chi connectivity index (χ1n) is 5.19. The van der Waals surface area contributed by atoms with Crippen molar-refractivity contribution in [3.8, 4) is 17.6 Å². The second kappa shape index (κ2) is 5.18. The number of hydrogen-bond acceptors (Lipinski definition) is 1. The van der Waals surface area contributed by atoms with E-state index >= 15 is 0 Å². The first kappa shape index (κ1) is 11.2. The SMILES string of the molecule is COc1ccc(C#Cc2ccc(F)cc2)cc1. The summed E-state index contributed by atoms with van der Waals surface area (Å²) in [5.41, 5.74) is 1.69. The Balaban J connectivity index is 2.17. The number of hydrogen-bond donors (Lipinski definition) is 0. The molecule has 0 unspecified atom stereocenters. The second-order valence-corrected chi connectivity index (χ2v) is 3.49. The molecule has 0 N–H and O–H groups in total. The Bertz CT molecular complexity index is 544. The number of ether oxygens (including phenoxy) is 1. The molecule has 0 saturated heterocycles. The van der Waals surface area contributed by atoms with Gasteiger partial charge in [0.05, 0.1) is 7.11 Å². The lowest BCUT2D eigenvalue weighted by Crippen LogP contribution is -1.82. The van der Waals surface area contributed by atoms with Gasteiger partial charge in [-0.2, -0.15) is 0 Å². The molecular formula is C15H11FO. The van der Waals surface area contributed by atoms with E-state index in [1.54, 1.807) is 19.2 Å². The molecule has 2 aromatic carbocycles. The fourth-order valence-corrected chi connectivity index (χ4v) is 1.35. The van der Waals surface area contributed by atoms with Gasteiger partial charge in [0.2, 0.25) is 0 Å². The van der Waals surface area contributed by atoms with Crippen LogP contribution in [0.5, 0.6) is 5.75 Å². The standard InChI is InChI=1S/C15H11FO/c1-17-15-10-6-13(7-11-15)3-2-12-4-8-14(16)9-5-12/h4-11H,1H3. The zero-order chi connectivity index (χ0) is 12.1. The third-order valence-electron chi connectivity index (χ3n) is 2.29. The zero-order valence-electron chi connectivity index (χ0n) is 9.41. The number of halogens is 1. The minimum absolute atomic E-state index is 0.250. The van der Waals surface area contributed by atoms with Gasteiger partial charge in [0, 0.05) is 11.1 Å². The van der Waals surface area contributed by atoms with Crippen LogP contribution in [0.2, 0.25) is 0 Å². The molecule has 2 heteroatoms. The van der Waals surface area contributed by atoms with E-state index in [0.717, 1.165) is 16.9 Å². The third-order valence-corrected chi connectivity index (χ3v) is 2.29. The van der Waals surface area contributed by atoms with Crippen molar-refractivity contribution >= 4 is 0 Å². The molecule has 0 heterocycles. The lowest BCUT2D eigenvalue weighted by molar-refractivity contribution is 0.415. The first-order chi connectivity index (χ1) is 8.28. The smallest absolute Gasteiger partial charge is 0.123 e. The van der Waals surface area contributed by atoms with Gasteiger partial charge in [0.25, 0.3) is 0 Å². The predicted molar refractivity (Wildman–Crippen MR) is 65.4 cm³/mol. The topological polar surface area (TPSA) is 9.23 Å². The fourth-order valence-electron chi connectivity index (χ4n) is 1.35. The molecular weight excluding hydrogens is 215 g/mol. The van der Waals surface area contributed by atoms with E-state index in [2.05, 4.69) is 11.8 Å². The molecule has 0 aliphatic rings. The van der Waals surface area contributed by atoms with Gasteiger partial charge >= 0.3 is 0 Å². The number of rotatable bonds is 1. The van der Waals surface area contributed by atoms with Crippen molar-refractivity contribution in [1.29, 1.82) is 0 Å². The maximum Gasteiger partial charge on any atom is 0.123 e. The highest BCUT2D eigenvalue weighted by molar-refractivity contribution is 5.44. The summed E-state index contributed by atoms with van der Waals surface area (Å²) in [7, 11) is 1.62. The summed E-state index contributed by atoms with van der Waals surface area (Å²) < 4.78 is 17.7. The molecule has 0 atom stereocenters. The third kappa shape index (κ3) is 3.09. The van der Waals surface area contributed by atoms with Crippen molar-refractivity contribution < 1.29 is 9.13 Å². The highest BCUT2D eigenvalue weighted by Gasteiger charge is 1.91. The van der Waals surface area contributed by atoms with E-state index in [1.807, 2.05) is 24.3 Å². The molecule has 0 amide bonds. The second-order valence-electron chi connectivity index (χ2n) is 3.49. The first-order valence-corrected chi connectivity index (χ1v) is 5.19. The van der Waals surface area contributed by atoms with Crippen LogP contribution < -0.4 is 4.74 Å². The fraction of sp³-hybridized carbons (Fsp3) is 0.0667. The van der Waals surface area contributed by atoms with Gasteiger partial charge in [0.1, 0.15) is 11.6 Å². The van der Waals surface area contributed by atoms with Crippen LogP contribution in [0.4, 0.5) is 4.39 Å². The number of benzene rings is 2. The summed E-state index contributed by atoms with van der Waals surface area (Å²) in [6.07, 6.45) is 0. The zero-order valence-corrected chi connectivity index (χ0v) is 9.41. The van der Waals surface area contributed by atoms with E-state index in [4.69, 9.17) is 4.74 Å². The van der Waals surface area contributed by atoms with Gasteiger partial charge in [-0.15, -0.1) is 0 Å². The highest BCUT2D eigenvalue weighted by atomic mass is 19.1. The number of methoxy groups -OCH3 is 1. The normalized spacial score (nSPS) is 9.29. The van der Waals surface area contributed by atoms with E-state index < -0.39 is 0 Å². The molecule has 0 aliphatic heterocycles. The molecule has 2 aromatic rings. The van der Waals surface area contributed by atoms with E-state index in [-0.39, 0.29) is 5.82 Å². The van der Waals surface area contributed by atoms with Gasteiger partial charge in [0.15, 0.2) is 0 Å². The molecule has 84 valence electrons. The average Bonchev–Trinajstić information content (AvgIpc) is 2.39. The molecule has 0 radical (unpaired) electrons. The molecule has 2 rings (SSSR count). The molecule has 0 aromatic heterocycles. The van der Waals surface area contributed by atoms with Crippen LogP contribution >= 0.6 is 0 Å². The molecule has 0 bridgehead atoms. The summed E-state index contributed by atoms with van der Waals surface area (Å²) >= 11 is 0. The van der Waals surface area contributed by atoms with Crippen LogP contribution in [0, 0.1) is 17.7 Å². The van der Waals surface area contributed by atoms with E-state index in [1.165, 1.54) is 12.1 Å². The lowest BCUT2D eigenvalue weighted by atomic mass is 10.2. The van der Waals surface area contributed by atoms with Crippen molar-refractivity contribution in [2.24, 2.45) is 0 Å². The monoisotopic (exact) mass is 226 g/mol. The van der Waals surface area contributed by atoms with Gasteiger partial charge in [-0.3, -0.25) is 0 Å². The van der Waals surface area contributed by atoms with E-state index in [0.29, 0.717) is 0 Å². The summed E-state index contributed by atoms with van der Waals surface area (Å²) in [4.78, 5) is 0. The van der Waals surface area contributed by atoms with Crippen molar-refractivity contribution in [2.75, 3.05) is 7.11 Å². The summed E-state index contributed by atoms with van der Waals surface area (Å²) in [5.74, 6) is 6.52. The van der Waals surface area contributed by atoms with Crippen LogP contribution in [0.3, 0.4) is 0 Å². The van der Waals surface area contributed by atoms with Crippen LogP contribution in [-0.2, 0) is 0 Å². The highest BCUT2D eigenvalue weighted by Crippen LogP contribution is 2.10. The predicted octanol–water partition coefficient (Wildman–Crippen LogP) is 3.23. The average molecular weight is 226 g/mol. The largest absolute Gasteiger partial charge is 0.497 e. The molecule has 0 aliphatic carbocycles. The molecule has 0 saturated carbocycles. The van der Waals surface area contributed by atoms with E-state index in [9.17, 15) is 4.39 Å². The van der Waals surface area contributed by atoms with Crippen molar-refractivity contribution in [2.45, 2.75) is 0 Å². The van der Waals surface area contributed by atoms with Crippen LogP contribution in [-0.4, -0.2) is 7.11 Å². The lowest BCUT2D eigenvalue weighted by Gasteiger charge is -1.97.